The summed E-state index contributed by atoms with van der Waals surface area (Å²) >= 11 is 0. The molecule has 0 aliphatic rings. The van der Waals surface area contributed by atoms with Gasteiger partial charge in [-0.1, -0.05) is 0 Å². The number of carbonyl (C=O) groups excluding carboxylic acids is 2. The van der Waals surface area contributed by atoms with Crippen molar-refractivity contribution in [2.75, 3.05) is 95.0 Å². The Kier molecular flexibility index (Phi) is 24.2. The molecule has 0 saturated carbocycles. The van der Waals surface area contributed by atoms with Crippen LogP contribution in [0.1, 0.15) is 12.8 Å². The van der Waals surface area contributed by atoms with Gasteiger partial charge in [-0.2, -0.15) is 0 Å². The molecule has 0 bridgehead atoms. The summed E-state index contributed by atoms with van der Waals surface area (Å²) < 4.78 is 42.0. The van der Waals surface area contributed by atoms with Crippen molar-refractivity contribution in [3.05, 3.63) is 0 Å². The molecule has 0 heterocycles. The van der Waals surface area contributed by atoms with Crippen molar-refractivity contribution in [2.45, 2.75) is 31.1 Å². The fourth-order valence-electron chi connectivity index (χ4n) is 1.79. The molecule has 0 aromatic heterocycles. The molecule has 0 saturated heterocycles. The van der Waals surface area contributed by atoms with E-state index < -0.39 is 72.3 Å². The van der Waals surface area contributed by atoms with Crippen molar-refractivity contribution in [3.63, 3.8) is 0 Å². The number of carboxylic acids is 2. The molecule has 0 fully saturated rings. The molecule has 19 nitrogen and oxygen atoms in total. The van der Waals surface area contributed by atoms with E-state index in [1.807, 2.05) is 42.3 Å². The second kappa shape index (κ2) is 22.4. The molecule has 0 amide bonds. The number of likely N-dealkylation sites (N-methyl/N-ethyl adjacent to an activating group) is 2. The van der Waals surface area contributed by atoms with Gasteiger partial charge in [0.2, 0.25) is 0 Å². The average Bonchev–Trinajstić information content (AvgIpc) is 2.83. The highest BCUT2D eigenvalue weighted by molar-refractivity contribution is 7.47. The van der Waals surface area contributed by atoms with Crippen molar-refractivity contribution < 1.29 is 86.2 Å². The van der Waals surface area contributed by atoms with E-state index >= 15 is 0 Å². The number of carbonyl (C=O) groups is 2. The average molecular weight is 662 g/mol. The number of nitrogens with zero attached hydrogens (tertiary/aromatic N) is 2. The van der Waals surface area contributed by atoms with Gasteiger partial charge in [-0.15, -0.1) is 0 Å². The van der Waals surface area contributed by atoms with Crippen LogP contribution >= 0.6 is 15.6 Å². The van der Waals surface area contributed by atoms with E-state index in [1.54, 1.807) is 0 Å². The number of aliphatic carboxylic acids is 2. The second-order valence-corrected chi connectivity index (χ2v) is 13.6. The Balaban J connectivity index is -0.000000560. The van der Waals surface area contributed by atoms with Crippen molar-refractivity contribution in [2.24, 2.45) is 5.73 Å². The molecule has 0 aromatic carbocycles. The zero-order valence-corrected chi connectivity index (χ0v) is 26.7. The SMILES string of the molecule is C[N+](C)(C)CCOP(=O)(O)OC[C@H](O)CO.C[N+](C)(C)CCOP(=O)(O)OC[C@H](O)CO.N[C@@H](CCC(=O)[O-])C(=O)[O-]. The third kappa shape index (κ3) is 35.1. The number of rotatable bonds is 20. The first kappa shape index (κ1) is 45.3. The van der Waals surface area contributed by atoms with Crippen LogP contribution in [0.4, 0.5) is 0 Å². The summed E-state index contributed by atoms with van der Waals surface area (Å²) in [5.41, 5.74) is 4.91. The van der Waals surface area contributed by atoms with E-state index in [9.17, 15) is 28.9 Å². The Morgan fingerprint density at radius 1 is 0.762 bits per heavy atom. The molecule has 8 N–H and O–H groups in total. The van der Waals surface area contributed by atoms with Crippen molar-refractivity contribution in [1.82, 2.24) is 0 Å². The molecule has 254 valence electrons. The Morgan fingerprint density at radius 2 is 1.10 bits per heavy atom. The highest BCUT2D eigenvalue weighted by Gasteiger charge is 2.24. The van der Waals surface area contributed by atoms with E-state index in [4.69, 9.17) is 35.9 Å². The molecule has 0 aliphatic carbocycles. The molecule has 21 heteroatoms. The number of phosphoric acid groups is 2. The van der Waals surface area contributed by atoms with Crippen LogP contribution in [0, 0.1) is 0 Å². The maximum atomic E-state index is 11.2. The number of hydrogen-bond acceptors (Lipinski definition) is 15. The molecule has 0 radical (unpaired) electrons. The van der Waals surface area contributed by atoms with Crippen molar-refractivity contribution in [3.8, 4) is 0 Å². The Morgan fingerprint density at radius 3 is 1.33 bits per heavy atom. The molecule has 0 aliphatic heterocycles. The minimum absolute atomic E-state index is 0.0759. The summed E-state index contributed by atoms with van der Waals surface area (Å²) in [7, 11) is 3.26. The Bertz CT molecular complexity index is 787. The van der Waals surface area contributed by atoms with Crippen molar-refractivity contribution >= 4 is 27.6 Å². The molecule has 0 rings (SSSR count). The van der Waals surface area contributed by atoms with E-state index in [1.165, 1.54) is 0 Å². The van der Waals surface area contributed by atoms with Gasteiger partial charge in [0.15, 0.2) is 0 Å². The molecular weight excluding hydrogens is 612 g/mol. The summed E-state index contributed by atoms with van der Waals surface area (Å²) in [5.74, 6) is -2.75. The zero-order chi connectivity index (χ0) is 33.8. The van der Waals surface area contributed by atoms with E-state index in [-0.39, 0.29) is 26.1 Å². The first-order valence-corrected chi connectivity index (χ1v) is 15.4. The molecule has 0 spiro atoms. The number of aliphatic hydroxyl groups is 4. The van der Waals surface area contributed by atoms with Gasteiger partial charge in [-0.3, -0.25) is 18.1 Å². The van der Waals surface area contributed by atoms with Gasteiger partial charge in [0.1, 0.15) is 38.5 Å². The third-order valence-corrected chi connectivity index (χ3v) is 6.25. The molecule has 0 aromatic rings. The number of carboxylic acid groups (broad SMARTS) is 2. The molecule has 2 unspecified atom stereocenters. The monoisotopic (exact) mass is 661 g/mol. The second-order valence-electron chi connectivity index (χ2n) is 10.7. The largest absolute Gasteiger partial charge is 0.550 e. The summed E-state index contributed by atoms with van der Waals surface area (Å²) in [5, 5.41) is 54.4. The highest BCUT2D eigenvalue weighted by Crippen LogP contribution is 2.43. The number of phosphoric ester groups is 2. The van der Waals surface area contributed by atoms with Crippen LogP contribution in [-0.4, -0.2) is 164 Å². The van der Waals surface area contributed by atoms with Crippen LogP contribution in [0.2, 0.25) is 0 Å². The van der Waals surface area contributed by atoms with Crippen LogP contribution < -0.4 is 15.9 Å². The van der Waals surface area contributed by atoms with Crippen molar-refractivity contribution in [1.29, 1.82) is 0 Å². The first-order valence-electron chi connectivity index (χ1n) is 12.4. The zero-order valence-electron chi connectivity index (χ0n) is 24.9. The maximum Gasteiger partial charge on any atom is 0.472 e. The number of hydrogen-bond donors (Lipinski definition) is 7. The predicted octanol–water partition coefficient (Wildman–Crippen LogP) is -5.05. The quantitative estimate of drug-likeness (QED) is 0.0474. The van der Waals surface area contributed by atoms with E-state index in [0.29, 0.717) is 22.1 Å². The van der Waals surface area contributed by atoms with Gasteiger partial charge < -0.3 is 64.7 Å². The van der Waals surface area contributed by atoms with E-state index in [0.717, 1.165) is 0 Å². The summed E-state index contributed by atoms with van der Waals surface area (Å²) in [6, 6.07) is -1.21. The van der Waals surface area contributed by atoms with E-state index in [2.05, 4.69) is 18.1 Å². The van der Waals surface area contributed by atoms with Crippen LogP contribution in [0.15, 0.2) is 0 Å². The predicted molar refractivity (Wildman–Crippen MR) is 143 cm³/mol. The maximum absolute atomic E-state index is 11.2. The topological polar surface area (TPSA) is 299 Å². The lowest BCUT2D eigenvalue weighted by Gasteiger charge is -2.24. The molecule has 42 heavy (non-hydrogen) atoms. The first-order chi connectivity index (χ1) is 18.9. The lowest BCUT2D eigenvalue weighted by molar-refractivity contribution is -0.870. The van der Waals surface area contributed by atoms with Gasteiger partial charge >= 0.3 is 15.6 Å². The minimum Gasteiger partial charge on any atom is -0.550 e. The third-order valence-electron chi connectivity index (χ3n) is 4.28. The van der Waals surface area contributed by atoms with Gasteiger partial charge in [0.25, 0.3) is 0 Å². The van der Waals surface area contributed by atoms with Gasteiger partial charge in [0, 0.05) is 12.0 Å². The Hall–Kier alpha value is -1.12. The van der Waals surface area contributed by atoms with Crippen LogP contribution in [0.25, 0.3) is 0 Å². The standard InChI is InChI=1S/2C8H20NO6P.C5H9NO4/c2*1-9(2,3)4-5-14-16(12,13)15-7-8(11)6-10;6-3(5(9)10)1-2-4(7)8/h2*8,10-11H,4-7H2,1-3H3;3H,1-2,6H2,(H,7,8)(H,9,10)/t2*8-;3-/m110/s1. The molecule has 5 atom stereocenters. The number of nitrogens with two attached hydrogens (primary N) is 1. The van der Waals surface area contributed by atoms with Gasteiger partial charge in [-0.25, -0.2) is 9.13 Å². The van der Waals surface area contributed by atoms with Crippen LogP contribution in [0.3, 0.4) is 0 Å². The number of aliphatic hydroxyl groups excluding tert-OH is 4. The summed E-state index contributed by atoms with van der Waals surface area (Å²) in [6.45, 7) is -0.674. The van der Waals surface area contributed by atoms with Crippen LogP contribution in [-0.2, 0) is 36.8 Å². The summed E-state index contributed by atoms with van der Waals surface area (Å²) in [6.07, 6.45) is -2.86. The highest BCUT2D eigenvalue weighted by atomic mass is 31.2. The fourth-order valence-corrected chi connectivity index (χ4v) is 3.29. The lowest BCUT2D eigenvalue weighted by Crippen LogP contribution is -2.42. The minimum atomic E-state index is -4.13. The Labute approximate surface area is 246 Å². The van der Waals surface area contributed by atoms with Gasteiger partial charge in [-0.05, 0) is 12.8 Å². The summed E-state index contributed by atoms with van der Waals surface area (Å²) in [4.78, 5) is 37.9. The number of quaternary nitrogens is 2. The smallest absolute Gasteiger partial charge is 0.472 e. The van der Waals surface area contributed by atoms with Crippen LogP contribution in [0.5, 0.6) is 0 Å². The van der Waals surface area contributed by atoms with Gasteiger partial charge in [0.05, 0.1) is 74.7 Å². The molecular formula is C21H49N3O16P2. The normalized spacial score (nSPS) is 16.8. The lowest BCUT2D eigenvalue weighted by atomic mass is 10.2. The fraction of sp³-hybridized carbons (Fsp3) is 0.905.